The summed E-state index contributed by atoms with van der Waals surface area (Å²) < 4.78 is 0. The maximum absolute atomic E-state index is 4.57. The molecule has 2 aromatic rings. The first-order valence-corrected chi connectivity index (χ1v) is 7.24. The van der Waals surface area contributed by atoms with Crippen LogP contribution in [-0.4, -0.2) is 16.2 Å². The van der Waals surface area contributed by atoms with E-state index in [0.717, 1.165) is 5.16 Å². The van der Waals surface area contributed by atoms with Crippen molar-refractivity contribution < 1.29 is 0 Å². The molecular weight excluding hydrogens is 224 g/mol. The SMILES string of the molecule is CSc1ncc2c3c(sc2n1)CCCC3. The van der Waals surface area contributed by atoms with E-state index in [1.807, 2.05) is 23.8 Å². The number of aromatic nitrogens is 2. The van der Waals surface area contributed by atoms with Gasteiger partial charge < -0.3 is 0 Å². The summed E-state index contributed by atoms with van der Waals surface area (Å²) in [5, 5.41) is 2.19. The fourth-order valence-electron chi connectivity index (χ4n) is 2.13. The monoisotopic (exact) mass is 236 g/mol. The molecule has 0 aromatic carbocycles. The molecule has 0 N–H and O–H groups in total. The molecule has 0 spiro atoms. The normalized spacial score (nSPS) is 15.5. The van der Waals surface area contributed by atoms with Crippen molar-refractivity contribution in [1.82, 2.24) is 9.97 Å². The number of hydrogen-bond acceptors (Lipinski definition) is 4. The fourth-order valence-corrected chi connectivity index (χ4v) is 3.76. The second-order valence-electron chi connectivity index (χ2n) is 3.79. The van der Waals surface area contributed by atoms with Gasteiger partial charge >= 0.3 is 0 Å². The number of aryl methyl sites for hydroxylation is 2. The molecule has 0 radical (unpaired) electrons. The van der Waals surface area contributed by atoms with Crippen LogP contribution in [0.15, 0.2) is 11.4 Å². The Hall–Kier alpha value is -0.610. The van der Waals surface area contributed by atoms with Crippen molar-refractivity contribution in [3.8, 4) is 0 Å². The van der Waals surface area contributed by atoms with E-state index in [1.165, 1.54) is 41.5 Å². The van der Waals surface area contributed by atoms with Crippen molar-refractivity contribution in [2.75, 3.05) is 6.26 Å². The molecule has 0 amide bonds. The molecule has 0 unspecified atom stereocenters. The molecule has 2 heterocycles. The minimum atomic E-state index is 0.890. The Labute approximate surface area is 97.1 Å². The third kappa shape index (κ3) is 1.56. The molecule has 0 fully saturated rings. The van der Waals surface area contributed by atoms with Gasteiger partial charge in [-0.25, -0.2) is 9.97 Å². The Kier molecular flexibility index (Phi) is 2.41. The number of hydrogen-bond donors (Lipinski definition) is 0. The van der Waals surface area contributed by atoms with E-state index < -0.39 is 0 Å². The summed E-state index contributed by atoms with van der Waals surface area (Å²) >= 11 is 3.48. The van der Waals surface area contributed by atoms with Gasteiger partial charge in [0.05, 0.1) is 0 Å². The standard InChI is InChI=1S/C11H12N2S2/c1-14-11-12-6-8-7-4-2-3-5-9(7)15-10(8)13-11/h6H,2-5H2,1H3. The molecule has 1 aliphatic carbocycles. The van der Waals surface area contributed by atoms with Crippen molar-refractivity contribution in [2.45, 2.75) is 30.8 Å². The summed E-state index contributed by atoms with van der Waals surface area (Å²) in [6, 6.07) is 0. The predicted molar refractivity (Wildman–Crippen MR) is 65.8 cm³/mol. The van der Waals surface area contributed by atoms with E-state index in [2.05, 4.69) is 9.97 Å². The fraction of sp³-hybridized carbons (Fsp3) is 0.455. The van der Waals surface area contributed by atoms with Crippen molar-refractivity contribution >= 4 is 33.3 Å². The van der Waals surface area contributed by atoms with Gasteiger partial charge in [0.25, 0.3) is 0 Å². The third-order valence-corrected chi connectivity index (χ3v) is 4.64. The molecule has 0 saturated heterocycles. The minimum Gasteiger partial charge on any atom is -0.230 e. The molecule has 3 rings (SSSR count). The van der Waals surface area contributed by atoms with Crippen LogP contribution in [0.5, 0.6) is 0 Å². The lowest BCUT2D eigenvalue weighted by Crippen LogP contribution is -1.98. The molecule has 0 aliphatic heterocycles. The van der Waals surface area contributed by atoms with Crippen molar-refractivity contribution in [1.29, 1.82) is 0 Å². The van der Waals surface area contributed by atoms with Crippen LogP contribution >= 0.6 is 23.1 Å². The van der Waals surface area contributed by atoms with Crippen LogP contribution < -0.4 is 0 Å². The van der Waals surface area contributed by atoms with Crippen molar-refractivity contribution in [3.05, 3.63) is 16.6 Å². The molecule has 0 atom stereocenters. The molecule has 15 heavy (non-hydrogen) atoms. The van der Waals surface area contributed by atoms with Gasteiger partial charge in [-0.2, -0.15) is 0 Å². The highest BCUT2D eigenvalue weighted by molar-refractivity contribution is 7.98. The zero-order valence-corrected chi connectivity index (χ0v) is 10.2. The van der Waals surface area contributed by atoms with E-state index in [0.29, 0.717) is 0 Å². The molecule has 0 saturated carbocycles. The first kappa shape index (κ1) is 9.60. The zero-order valence-electron chi connectivity index (χ0n) is 8.62. The van der Waals surface area contributed by atoms with Gasteiger partial charge in [-0.05, 0) is 37.5 Å². The first-order chi connectivity index (χ1) is 7.38. The largest absolute Gasteiger partial charge is 0.230 e. The highest BCUT2D eigenvalue weighted by Crippen LogP contribution is 2.35. The van der Waals surface area contributed by atoms with Crippen molar-refractivity contribution in [3.63, 3.8) is 0 Å². The van der Waals surface area contributed by atoms with Crippen LogP contribution in [-0.2, 0) is 12.8 Å². The molecular formula is C11H12N2S2. The smallest absolute Gasteiger partial charge is 0.188 e. The quantitative estimate of drug-likeness (QED) is 0.561. The van der Waals surface area contributed by atoms with Crippen LogP contribution in [0, 0.1) is 0 Å². The van der Waals surface area contributed by atoms with E-state index >= 15 is 0 Å². The van der Waals surface area contributed by atoms with E-state index in [4.69, 9.17) is 0 Å². The summed E-state index contributed by atoms with van der Waals surface area (Å²) in [5.74, 6) is 0. The lowest BCUT2D eigenvalue weighted by molar-refractivity contribution is 0.700. The second-order valence-corrected chi connectivity index (χ2v) is 5.64. The summed E-state index contributed by atoms with van der Waals surface area (Å²) in [5.41, 5.74) is 1.52. The number of rotatable bonds is 1. The maximum atomic E-state index is 4.57. The van der Waals surface area contributed by atoms with Crippen LogP contribution in [0.25, 0.3) is 10.2 Å². The van der Waals surface area contributed by atoms with Gasteiger partial charge in [-0.15, -0.1) is 11.3 Å². The van der Waals surface area contributed by atoms with Gasteiger partial charge in [0.2, 0.25) is 0 Å². The van der Waals surface area contributed by atoms with Crippen LogP contribution in [0.3, 0.4) is 0 Å². The Morgan fingerprint density at radius 1 is 1.33 bits per heavy atom. The third-order valence-electron chi connectivity index (χ3n) is 2.88. The van der Waals surface area contributed by atoms with E-state index in [-0.39, 0.29) is 0 Å². The average Bonchev–Trinajstić information content (AvgIpc) is 2.66. The highest BCUT2D eigenvalue weighted by atomic mass is 32.2. The number of thioether (sulfide) groups is 1. The minimum absolute atomic E-state index is 0.890. The van der Waals surface area contributed by atoms with Crippen LogP contribution in [0.4, 0.5) is 0 Å². The second kappa shape index (κ2) is 3.76. The number of thiophene rings is 1. The van der Waals surface area contributed by atoms with Crippen LogP contribution in [0.2, 0.25) is 0 Å². The van der Waals surface area contributed by atoms with Gasteiger partial charge in [-0.3, -0.25) is 0 Å². The molecule has 2 aromatic heterocycles. The Balaban J connectivity index is 2.22. The molecule has 4 heteroatoms. The van der Waals surface area contributed by atoms with Crippen LogP contribution in [0.1, 0.15) is 23.3 Å². The topological polar surface area (TPSA) is 25.8 Å². The zero-order chi connectivity index (χ0) is 10.3. The lowest BCUT2D eigenvalue weighted by Gasteiger charge is -2.09. The predicted octanol–water partition coefficient (Wildman–Crippen LogP) is 3.29. The first-order valence-electron chi connectivity index (χ1n) is 5.20. The molecule has 0 bridgehead atoms. The molecule has 1 aliphatic rings. The van der Waals surface area contributed by atoms with Gasteiger partial charge in [0, 0.05) is 16.5 Å². The molecule has 2 nitrogen and oxygen atoms in total. The number of fused-ring (bicyclic) bond motifs is 3. The van der Waals surface area contributed by atoms with Gasteiger partial charge in [-0.1, -0.05) is 11.8 Å². The van der Waals surface area contributed by atoms with E-state index in [9.17, 15) is 0 Å². The van der Waals surface area contributed by atoms with Crippen molar-refractivity contribution in [2.24, 2.45) is 0 Å². The summed E-state index contributed by atoms with van der Waals surface area (Å²) in [4.78, 5) is 11.7. The highest BCUT2D eigenvalue weighted by Gasteiger charge is 2.16. The lowest BCUT2D eigenvalue weighted by atomic mass is 9.97. The van der Waals surface area contributed by atoms with Gasteiger partial charge in [0.15, 0.2) is 5.16 Å². The summed E-state index contributed by atoms with van der Waals surface area (Å²) in [6.45, 7) is 0. The van der Waals surface area contributed by atoms with Gasteiger partial charge in [0.1, 0.15) is 4.83 Å². The summed E-state index contributed by atoms with van der Waals surface area (Å²) in [7, 11) is 0. The Bertz CT molecular complexity index is 505. The summed E-state index contributed by atoms with van der Waals surface area (Å²) in [6.07, 6.45) is 9.15. The Morgan fingerprint density at radius 2 is 2.20 bits per heavy atom. The number of nitrogens with zero attached hydrogens (tertiary/aromatic N) is 2. The van der Waals surface area contributed by atoms with E-state index in [1.54, 1.807) is 16.6 Å². The Morgan fingerprint density at radius 3 is 3.07 bits per heavy atom. The molecule has 78 valence electrons. The average molecular weight is 236 g/mol. The maximum Gasteiger partial charge on any atom is 0.188 e.